The van der Waals surface area contributed by atoms with Crippen LogP contribution in [0.2, 0.25) is 0 Å². The van der Waals surface area contributed by atoms with Gasteiger partial charge < -0.3 is 9.63 Å². The molecule has 1 saturated heterocycles. The van der Waals surface area contributed by atoms with Crippen molar-refractivity contribution in [2.45, 2.75) is 51.2 Å². The zero-order chi connectivity index (χ0) is 15.4. The third-order valence-corrected chi connectivity index (χ3v) is 4.44. The first-order chi connectivity index (χ1) is 10.8. The molecule has 5 heteroatoms. The Morgan fingerprint density at radius 3 is 2.86 bits per heavy atom. The van der Waals surface area contributed by atoms with E-state index in [1.807, 2.05) is 18.2 Å². The van der Waals surface area contributed by atoms with Crippen molar-refractivity contribution in [2.24, 2.45) is 0 Å². The highest BCUT2D eigenvalue weighted by atomic mass is 16.5. The summed E-state index contributed by atoms with van der Waals surface area (Å²) >= 11 is 0. The van der Waals surface area contributed by atoms with Gasteiger partial charge in [0.1, 0.15) is 0 Å². The zero-order valence-corrected chi connectivity index (χ0v) is 13.0. The lowest BCUT2D eigenvalue weighted by Crippen LogP contribution is -2.46. The molecule has 1 N–H and O–H groups in total. The number of piperidine rings is 1. The van der Waals surface area contributed by atoms with E-state index in [2.05, 4.69) is 34.1 Å². The average molecular weight is 301 g/mol. The van der Waals surface area contributed by atoms with Crippen molar-refractivity contribution >= 4 is 0 Å². The standard InChI is InChI=1S/C17H23N3O2/c1-13-6-5-9-15(12-21)20(13)11-16-18-17(22-19-16)10-14-7-3-2-4-8-14/h2-4,7-8,13,15,21H,5-6,9-12H2,1H3. The molecule has 0 radical (unpaired) electrons. The van der Waals surface area contributed by atoms with Crippen LogP contribution in [0.25, 0.3) is 0 Å². The number of nitrogens with zero attached hydrogens (tertiary/aromatic N) is 3. The number of aromatic nitrogens is 2. The summed E-state index contributed by atoms with van der Waals surface area (Å²) in [6.45, 7) is 3.04. The molecule has 0 saturated carbocycles. The minimum Gasteiger partial charge on any atom is -0.395 e. The Hall–Kier alpha value is -1.72. The molecular weight excluding hydrogens is 278 g/mol. The minimum absolute atomic E-state index is 0.194. The third-order valence-electron chi connectivity index (χ3n) is 4.44. The number of rotatable bonds is 5. The van der Waals surface area contributed by atoms with E-state index in [1.165, 1.54) is 6.42 Å². The van der Waals surface area contributed by atoms with Crippen LogP contribution in [0, 0.1) is 0 Å². The molecule has 1 aliphatic rings. The van der Waals surface area contributed by atoms with Gasteiger partial charge in [-0.15, -0.1) is 0 Å². The second-order valence-electron chi connectivity index (χ2n) is 6.06. The highest BCUT2D eigenvalue weighted by molar-refractivity contribution is 5.17. The van der Waals surface area contributed by atoms with Gasteiger partial charge in [0.05, 0.1) is 19.6 Å². The Bertz CT molecular complexity index is 585. The van der Waals surface area contributed by atoms with Gasteiger partial charge in [-0.25, -0.2) is 0 Å². The molecule has 0 amide bonds. The average Bonchev–Trinajstić information content (AvgIpc) is 2.97. The lowest BCUT2D eigenvalue weighted by Gasteiger charge is -2.39. The van der Waals surface area contributed by atoms with Gasteiger partial charge in [-0.05, 0) is 25.3 Å². The fourth-order valence-corrected chi connectivity index (χ4v) is 3.18. The maximum Gasteiger partial charge on any atom is 0.231 e. The molecule has 3 rings (SSSR count). The summed E-state index contributed by atoms with van der Waals surface area (Å²) in [5.41, 5.74) is 1.16. The van der Waals surface area contributed by atoms with Gasteiger partial charge in [0.25, 0.3) is 0 Å². The van der Waals surface area contributed by atoms with Crippen LogP contribution in [0.4, 0.5) is 0 Å². The Kier molecular flexibility index (Phi) is 4.85. The van der Waals surface area contributed by atoms with Crippen LogP contribution in [0.3, 0.4) is 0 Å². The van der Waals surface area contributed by atoms with Crippen LogP contribution in [0.5, 0.6) is 0 Å². The van der Waals surface area contributed by atoms with Crippen molar-refractivity contribution in [3.63, 3.8) is 0 Å². The van der Waals surface area contributed by atoms with E-state index in [0.29, 0.717) is 30.7 Å². The Morgan fingerprint density at radius 1 is 1.27 bits per heavy atom. The molecule has 2 heterocycles. The quantitative estimate of drug-likeness (QED) is 0.919. The lowest BCUT2D eigenvalue weighted by atomic mass is 9.97. The van der Waals surface area contributed by atoms with Crippen molar-refractivity contribution in [3.8, 4) is 0 Å². The number of benzene rings is 1. The molecule has 0 spiro atoms. The SMILES string of the molecule is CC1CCCC(CO)N1Cc1noc(Cc2ccccc2)n1. The highest BCUT2D eigenvalue weighted by Crippen LogP contribution is 2.24. The van der Waals surface area contributed by atoms with Gasteiger partial charge in [0, 0.05) is 12.1 Å². The van der Waals surface area contributed by atoms with Crippen LogP contribution in [-0.4, -0.2) is 38.8 Å². The summed E-state index contributed by atoms with van der Waals surface area (Å²) in [6.07, 6.45) is 4.03. The smallest absolute Gasteiger partial charge is 0.231 e. The summed E-state index contributed by atoms with van der Waals surface area (Å²) in [6, 6.07) is 10.8. The van der Waals surface area contributed by atoms with Crippen LogP contribution in [0.1, 0.15) is 43.5 Å². The molecule has 5 nitrogen and oxygen atoms in total. The molecule has 0 bridgehead atoms. The Labute approximate surface area is 131 Å². The molecule has 1 aromatic heterocycles. The molecule has 0 aliphatic carbocycles. The van der Waals surface area contributed by atoms with E-state index >= 15 is 0 Å². The van der Waals surface area contributed by atoms with Gasteiger partial charge in [-0.1, -0.05) is 41.9 Å². The molecule has 22 heavy (non-hydrogen) atoms. The second kappa shape index (κ2) is 7.03. The lowest BCUT2D eigenvalue weighted by molar-refractivity contribution is 0.0425. The first-order valence-corrected chi connectivity index (χ1v) is 7.98. The highest BCUT2D eigenvalue weighted by Gasteiger charge is 2.28. The molecule has 2 atom stereocenters. The molecule has 1 fully saturated rings. The first kappa shape index (κ1) is 15.2. The van der Waals surface area contributed by atoms with Crippen LogP contribution in [-0.2, 0) is 13.0 Å². The van der Waals surface area contributed by atoms with E-state index in [-0.39, 0.29) is 12.6 Å². The van der Waals surface area contributed by atoms with Gasteiger partial charge in [0.15, 0.2) is 5.82 Å². The van der Waals surface area contributed by atoms with Crippen molar-refractivity contribution in [3.05, 3.63) is 47.6 Å². The second-order valence-corrected chi connectivity index (χ2v) is 6.06. The zero-order valence-electron chi connectivity index (χ0n) is 13.0. The van der Waals surface area contributed by atoms with E-state index in [0.717, 1.165) is 18.4 Å². The Balaban J connectivity index is 1.66. The molecule has 2 aromatic rings. The van der Waals surface area contributed by atoms with E-state index < -0.39 is 0 Å². The van der Waals surface area contributed by atoms with E-state index in [4.69, 9.17) is 4.52 Å². The number of likely N-dealkylation sites (tertiary alicyclic amines) is 1. The number of hydrogen-bond donors (Lipinski definition) is 1. The van der Waals surface area contributed by atoms with Crippen LogP contribution >= 0.6 is 0 Å². The van der Waals surface area contributed by atoms with Gasteiger partial charge in [-0.2, -0.15) is 4.98 Å². The molecule has 1 aliphatic heterocycles. The number of aliphatic hydroxyl groups is 1. The molecular formula is C17H23N3O2. The van der Waals surface area contributed by atoms with Crippen molar-refractivity contribution < 1.29 is 9.63 Å². The van der Waals surface area contributed by atoms with Crippen molar-refractivity contribution in [1.82, 2.24) is 15.0 Å². The predicted molar refractivity (Wildman–Crippen MR) is 83.3 cm³/mol. The van der Waals surface area contributed by atoms with Crippen molar-refractivity contribution in [2.75, 3.05) is 6.61 Å². The molecule has 2 unspecified atom stereocenters. The summed E-state index contributed by atoms with van der Waals surface area (Å²) in [7, 11) is 0. The summed E-state index contributed by atoms with van der Waals surface area (Å²) in [4.78, 5) is 6.79. The fourth-order valence-electron chi connectivity index (χ4n) is 3.18. The predicted octanol–water partition coefficient (Wildman–Crippen LogP) is 2.40. The first-order valence-electron chi connectivity index (χ1n) is 7.98. The minimum atomic E-state index is 0.194. The Morgan fingerprint density at radius 2 is 2.09 bits per heavy atom. The van der Waals surface area contributed by atoms with Crippen LogP contribution < -0.4 is 0 Å². The summed E-state index contributed by atoms with van der Waals surface area (Å²) in [5.74, 6) is 1.35. The van der Waals surface area contributed by atoms with Crippen LogP contribution in [0.15, 0.2) is 34.9 Å². The van der Waals surface area contributed by atoms with Gasteiger partial charge >= 0.3 is 0 Å². The fraction of sp³-hybridized carbons (Fsp3) is 0.529. The molecule has 118 valence electrons. The largest absolute Gasteiger partial charge is 0.395 e. The molecule has 1 aromatic carbocycles. The number of hydrogen-bond acceptors (Lipinski definition) is 5. The summed E-state index contributed by atoms with van der Waals surface area (Å²) < 4.78 is 5.36. The monoisotopic (exact) mass is 301 g/mol. The van der Waals surface area contributed by atoms with E-state index in [1.54, 1.807) is 0 Å². The number of aliphatic hydroxyl groups excluding tert-OH is 1. The normalized spacial score (nSPS) is 22.8. The summed E-state index contributed by atoms with van der Waals surface area (Å²) in [5, 5.41) is 13.7. The van der Waals surface area contributed by atoms with Gasteiger partial charge in [-0.3, -0.25) is 4.90 Å². The topological polar surface area (TPSA) is 62.4 Å². The third kappa shape index (κ3) is 3.54. The van der Waals surface area contributed by atoms with Crippen molar-refractivity contribution in [1.29, 1.82) is 0 Å². The van der Waals surface area contributed by atoms with Gasteiger partial charge in [0.2, 0.25) is 5.89 Å². The maximum atomic E-state index is 9.55. The maximum absolute atomic E-state index is 9.55. The van der Waals surface area contributed by atoms with E-state index in [9.17, 15) is 5.11 Å².